The van der Waals surface area contributed by atoms with Gasteiger partial charge in [0.05, 0.1) is 12.9 Å². The second-order valence-electron chi connectivity index (χ2n) is 5.99. The van der Waals surface area contributed by atoms with Crippen molar-refractivity contribution in [3.8, 4) is 0 Å². The Hall–Kier alpha value is -3.01. The Morgan fingerprint density at radius 3 is 2.76 bits per heavy atom. The minimum Gasteiger partial charge on any atom is -0.333 e. The first-order valence-corrected chi connectivity index (χ1v) is 8.11. The number of carbonyl (C=O) groups excluding carboxylic acids is 1. The average molecular weight is 334 g/mol. The van der Waals surface area contributed by atoms with Crippen LogP contribution in [0.3, 0.4) is 0 Å². The van der Waals surface area contributed by atoms with Gasteiger partial charge in [0.25, 0.3) is 0 Å². The molecule has 0 unspecified atom stereocenters. The van der Waals surface area contributed by atoms with Crippen LogP contribution >= 0.6 is 0 Å². The third kappa shape index (κ3) is 4.51. The number of hydrogen-bond acceptors (Lipinski definition) is 2. The molecule has 0 aliphatic carbocycles. The predicted molar refractivity (Wildman–Crippen MR) is 96.5 cm³/mol. The first-order valence-electron chi connectivity index (χ1n) is 8.11. The molecule has 0 aliphatic rings. The van der Waals surface area contributed by atoms with Crippen molar-refractivity contribution in [1.29, 1.82) is 0 Å². The summed E-state index contributed by atoms with van der Waals surface area (Å²) in [5.41, 5.74) is 3.44. The van der Waals surface area contributed by atoms with E-state index in [-0.39, 0.29) is 18.0 Å². The molecule has 2 aromatic carbocycles. The second-order valence-corrected chi connectivity index (χ2v) is 5.99. The molecular weight excluding hydrogens is 315 g/mol. The van der Waals surface area contributed by atoms with Gasteiger partial charge in [-0.3, -0.25) is 4.79 Å². The van der Waals surface area contributed by atoms with Gasteiger partial charge in [-0.05, 0) is 41.8 Å². The van der Waals surface area contributed by atoms with Crippen LogP contribution in [0.15, 0.2) is 72.8 Å². The van der Waals surface area contributed by atoms with E-state index in [1.165, 1.54) is 12.1 Å². The fourth-order valence-corrected chi connectivity index (χ4v) is 2.67. The minimum atomic E-state index is -0.329. The number of halogens is 1. The first kappa shape index (κ1) is 16.8. The Kier molecular flexibility index (Phi) is 5.19. The summed E-state index contributed by atoms with van der Waals surface area (Å²) in [6.07, 6.45) is 7.27. The normalized spacial score (nSPS) is 11.5. The number of aryl methyl sites for hydroxylation is 1. The van der Waals surface area contributed by atoms with Crippen LogP contribution in [0.1, 0.15) is 16.7 Å². The Bertz CT molecular complexity index is 898. The van der Waals surface area contributed by atoms with Crippen LogP contribution < -0.4 is 0 Å². The Balaban J connectivity index is 1.90. The van der Waals surface area contributed by atoms with Crippen molar-refractivity contribution in [2.24, 2.45) is 0 Å². The van der Waals surface area contributed by atoms with Gasteiger partial charge in [0.2, 0.25) is 0 Å². The summed E-state index contributed by atoms with van der Waals surface area (Å²) in [6, 6.07) is 14.1. The van der Waals surface area contributed by atoms with Crippen molar-refractivity contribution < 1.29 is 9.18 Å². The molecule has 0 spiro atoms. The fraction of sp³-hybridized carbons (Fsp3) is 0.143. The van der Waals surface area contributed by atoms with Gasteiger partial charge in [0.15, 0.2) is 5.78 Å². The van der Waals surface area contributed by atoms with Crippen molar-refractivity contribution in [2.45, 2.75) is 19.9 Å². The van der Waals surface area contributed by atoms with Gasteiger partial charge in [-0.25, -0.2) is 9.37 Å². The molecule has 0 atom stereocenters. The van der Waals surface area contributed by atoms with Crippen molar-refractivity contribution in [3.05, 3.63) is 95.3 Å². The number of allylic oxidation sites excluding steroid dienone is 1. The molecule has 0 saturated carbocycles. The fourth-order valence-electron chi connectivity index (χ4n) is 2.67. The minimum absolute atomic E-state index is 0.0254. The number of rotatable bonds is 6. The Morgan fingerprint density at radius 2 is 2.04 bits per heavy atom. The smallest absolute Gasteiger partial charge is 0.165 e. The monoisotopic (exact) mass is 334 g/mol. The van der Waals surface area contributed by atoms with Crippen LogP contribution in [0.25, 0.3) is 6.08 Å². The second kappa shape index (κ2) is 7.71. The summed E-state index contributed by atoms with van der Waals surface area (Å²) in [6.45, 7) is 2.44. The first-order chi connectivity index (χ1) is 12.1. The van der Waals surface area contributed by atoms with E-state index in [0.717, 1.165) is 11.1 Å². The lowest BCUT2D eigenvalue weighted by atomic mass is 9.99. The highest BCUT2D eigenvalue weighted by Crippen LogP contribution is 2.16. The van der Waals surface area contributed by atoms with Gasteiger partial charge in [-0.1, -0.05) is 36.4 Å². The Morgan fingerprint density at radius 1 is 1.20 bits per heavy atom. The molecule has 25 heavy (non-hydrogen) atoms. The van der Waals surface area contributed by atoms with Crippen LogP contribution in [-0.2, 0) is 17.8 Å². The standard InChI is InChI=1S/C21H19FN2O/c1-16-5-2-3-7-18(16)13-19(14-24-10-9-23-15-24)21(25)12-17-6-4-8-20(22)11-17/h2-11,13,15H,12,14H2,1H3/b19-13-. The molecule has 0 radical (unpaired) electrons. The molecule has 4 heteroatoms. The SMILES string of the molecule is Cc1ccccc1/C=C(/Cn1ccnc1)C(=O)Cc1cccc(F)c1. The summed E-state index contributed by atoms with van der Waals surface area (Å²) in [7, 11) is 0. The lowest BCUT2D eigenvalue weighted by molar-refractivity contribution is -0.115. The third-order valence-corrected chi connectivity index (χ3v) is 4.04. The van der Waals surface area contributed by atoms with E-state index in [4.69, 9.17) is 0 Å². The highest BCUT2D eigenvalue weighted by molar-refractivity contribution is 6.00. The number of nitrogens with zero attached hydrogens (tertiary/aromatic N) is 2. The maximum absolute atomic E-state index is 13.4. The van der Waals surface area contributed by atoms with Crippen LogP contribution in [0.5, 0.6) is 0 Å². The number of hydrogen-bond donors (Lipinski definition) is 0. The zero-order chi connectivity index (χ0) is 17.6. The zero-order valence-electron chi connectivity index (χ0n) is 14.0. The summed E-state index contributed by atoms with van der Waals surface area (Å²) in [4.78, 5) is 16.9. The maximum atomic E-state index is 13.4. The quantitative estimate of drug-likeness (QED) is 0.633. The van der Waals surface area contributed by atoms with Crippen LogP contribution in [0.4, 0.5) is 4.39 Å². The molecule has 126 valence electrons. The lowest BCUT2D eigenvalue weighted by Crippen LogP contribution is -2.12. The van der Waals surface area contributed by atoms with Crippen LogP contribution in [0.2, 0.25) is 0 Å². The van der Waals surface area contributed by atoms with E-state index in [0.29, 0.717) is 17.7 Å². The van der Waals surface area contributed by atoms with Crippen LogP contribution in [-0.4, -0.2) is 15.3 Å². The molecule has 0 N–H and O–H groups in total. The van der Waals surface area contributed by atoms with E-state index in [9.17, 15) is 9.18 Å². The number of carbonyl (C=O) groups is 1. The number of aromatic nitrogens is 2. The molecule has 1 heterocycles. The zero-order valence-corrected chi connectivity index (χ0v) is 14.0. The molecule has 0 aliphatic heterocycles. The number of Topliss-reactive ketones (excluding diaryl/α,β-unsaturated/α-hetero) is 1. The van der Waals surface area contributed by atoms with E-state index in [1.54, 1.807) is 24.7 Å². The van der Waals surface area contributed by atoms with Gasteiger partial charge in [-0.2, -0.15) is 0 Å². The van der Waals surface area contributed by atoms with Gasteiger partial charge in [-0.15, -0.1) is 0 Å². The van der Waals surface area contributed by atoms with E-state index < -0.39 is 0 Å². The molecule has 0 fully saturated rings. The molecule has 3 rings (SSSR count). The highest BCUT2D eigenvalue weighted by Gasteiger charge is 2.12. The van der Waals surface area contributed by atoms with Crippen molar-refractivity contribution in [2.75, 3.05) is 0 Å². The molecule has 0 amide bonds. The largest absolute Gasteiger partial charge is 0.333 e. The Labute approximate surface area is 146 Å². The van der Waals surface area contributed by atoms with E-state index >= 15 is 0 Å². The van der Waals surface area contributed by atoms with Gasteiger partial charge < -0.3 is 4.57 Å². The lowest BCUT2D eigenvalue weighted by Gasteiger charge is -2.10. The number of ketones is 1. The van der Waals surface area contributed by atoms with Gasteiger partial charge in [0, 0.05) is 24.4 Å². The molecule has 1 aromatic heterocycles. The topological polar surface area (TPSA) is 34.9 Å². The maximum Gasteiger partial charge on any atom is 0.165 e. The van der Waals surface area contributed by atoms with Gasteiger partial charge in [0.1, 0.15) is 5.82 Å². The molecule has 0 saturated heterocycles. The van der Waals surface area contributed by atoms with Crippen molar-refractivity contribution in [3.63, 3.8) is 0 Å². The summed E-state index contributed by atoms with van der Waals surface area (Å²) >= 11 is 0. The van der Waals surface area contributed by atoms with Crippen molar-refractivity contribution >= 4 is 11.9 Å². The summed E-state index contributed by atoms with van der Waals surface area (Å²) < 4.78 is 15.2. The average Bonchev–Trinajstić information content (AvgIpc) is 3.09. The number of benzene rings is 2. The van der Waals surface area contributed by atoms with Gasteiger partial charge >= 0.3 is 0 Å². The summed E-state index contributed by atoms with van der Waals surface area (Å²) in [5, 5.41) is 0. The van der Waals surface area contributed by atoms with Crippen LogP contribution in [0, 0.1) is 12.7 Å². The number of imidazole rings is 1. The van der Waals surface area contributed by atoms with Crippen molar-refractivity contribution in [1.82, 2.24) is 9.55 Å². The third-order valence-electron chi connectivity index (χ3n) is 4.04. The van der Waals surface area contributed by atoms with E-state index in [1.807, 2.05) is 48.0 Å². The summed E-state index contributed by atoms with van der Waals surface area (Å²) in [5.74, 6) is -0.355. The molecular formula is C21H19FN2O. The molecule has 3 nitrogen and oxygen atoms in total. The molecule has 0 bridgehead atoms. The van der Waals surface area contributed by atoms with E-state index in [2.05, 4.69) is 4.98 Å². The highest BCUT2D eigenvalue weighted by atomic mass is 19.1. The molecule has 3 aromatic rings. The predicted octanol–water partition coefficient (Wildman–Crippen LogP) is 4.23.